The number of carbonyl (C=O) groups excluding carboxylic acids is 1. The maximum atomic E-state index is 12.7. The number of sulfonamides is 1. The number of nitrogens with two attached hydrogens (primary N) is 1. The molecule has 0 unspecified atom stereocenters. The highest BCUT2D eigenvalue weighted by molar-refractivity contribution is 9.10. The number of nitrogens with zero attached hydrogens (tertiary/aromatic N) is 2. The van der Waals surface area contributed by atoms with Crippen molar-refractivity contribution in [1.82, 2.24) is 9.21 Å². The van der Waals surface area contributed by atoms with Crippen LogP contribution in [0.25, 0.3) is 0 Å². The van der Waals surface area contributed by atoms with Crippen molar-refractivity contribution in [2.45, 2.75) is 18.7 Å². The van der Waals surface area contributed by atoms with Gasteiger partial charge < -0.3 is 10.6 Å². The zero-order chi connectivity index (χ0) is 15.8. The predicted octanol–water partition coefficient (Wildman–Crippen LogP) is 1.19. The van der Waals surface area contributed by atoms with Gasteiger partial charge in [-0.3, -0.25) is 4.79 Å². The van der Waals surface area contributed by atoms with Crippen LogP contribution in [0.4, 0.5) is 5.69 Å². The van der Waals surface area contributed by atoms with Gasteiger partial charge in [0, 0.05) is 43.3 Å². The number of piperazine rings is 1. The van der Waals surface area contributed by atoms with E-state index in [2.05, 4.69) is 15.9 Å². The molecule has 1 aliphatic heterocycles. The Morgan fingerprint density at radius 2 is 1.81 bits per heavy atom. The lowest BCUT2D eigenvalue weighted by atomic mass is 10.2. The average molecular weight is 376 g/mol. The highest BCUT2D eigenvalue weighted by Gasteiger charge is 2.30. The standard InChI is InChI=1S/C13H18BrN3O3S/c1-9-7-11(14)12(15)8-13(9)21(19,20)17-5-3-16(4-6-17)10(2)18/h7-8H,3-6,15H2,1-2H3. The largest absolute Gasteiger partial charge is 0.398 e. The molecule has 0 atom stereocenters. The molecule has 0 spiro atoms. The first-order valence-corrected chi connectivity index (χ1v) is 8.78. The van der Waals surface area contributed by atoms with E-state index in [-0.39, 0.29) is 10.8 Å². The number of halogens is 1. The molecule has 1 saturated heterocycles. The number of amides is 1. The van der Waals surface area contributed by atoms with Crippen molar-refractivity contribution in [3.05, 3.63) is 22.2 Å². The molecular weight excluding hydrogens is 358 g/mol. The summed E-state index contributed by atoms with van der Waals surface area (Å²) in [6.45, 7) is 4.67. The highest BCUT2D eigenvalue weighted by Crippen LogP contribution is 2.28. The molecule has 1 amide bonds. The van der Waals surface area contributed by atoms with Gasteiger partial charge in [0.25, 0.3) is 0 Å². The van der Waals surface area contributed by atoms with Gasteiger partial charge in [-0.15, -0.1) is 0 Å². The summed E-state index contributed by atoms with van der Waals surface area (Å²) in [5, 5.41) is 0. The monoisotopic (exact) mass is 375 g/mol. The Morgan fingerprint density at radius 3 is 2.33 bits per heavy atom. The van der Waals surface area contributed by atoms with E-state index in [1.54, 1.807) is 17.9 Å². The number of carbonyl (C=O) groups is 1. The topological polar surface area (TPSA) is 83.7 Å². The van der Waals surface area contributed by atoms with Crippen LogP contribution in [0.2, 0.25) is 0 Å². The number of benzene rings is 1. The van der Waals surface area contributed by atoms with E-state index in [1.807, 2.05) is 0 Å². The van der Waals surface area contributed by atoms with Crippen LogP contribution in [-0.4, -0.2) is 49.7 Å². The molecule has 1 aromatic rings. The molecule has 0 saturated carbocycles. The minimum atomic E-state index is -3.59. The van der Waals surface area contributed by atoms with Crippen molar-refractivity contribution in [3.63, 3.8) is 0 Å². The van der Waals surface area contributed by atoms with Crippen molar-refractivity contribution in [1.29, 1.82) is 0 Å². The van der Waals surface area contributed by atoms with Gasteiger partial charge in [0.15, 0.2) is 0 Å². The fourth-order valence-corrected chi connectivity index (χ4v) is 4.45. The molecule has 1 aromatic carbocycles. The lowest BCUT2D eigenvalue weighted by Crippen LogP contribution is -2.50. The summed E-state index contributed by atoms with van der Waals surface area (Å²) in [6, 6.07) is 3.18. The van der Waals surface area contributed by atoms with Gasteiger partial charge in [0.2, 0.25) is 15.9 Å². The first kappa shape index (κ1) is 16.3. The molecule has 0 radical (unpaired) electrons. The number of nitrogen functional groups attached to an aromatic ring is 1. The lowest BCUT2D eigenvalue weighted by Gasteiger charge is -2.33. The van der Waals surface area contributed by atoms with Crippen molar-refractivity contribution in [2.24, 2.45) is 0 Å². The van der Waals surface area contributed by atoms with E-state index in [9.17, 15) is 13.2 Å². The predicted molar refractivity (Wildman–Crippen MR) is 84.3 cm³/mol. The maximum absolute atomic E-state index is 12.7. The molecule has 21 heavy (non-hydrogen) atoms. The van der Waals surface area contributed by atoms with Gasteiger partial charge in [-0.1, -0.05) is 0 Å². The number of hydrogen-bond acceptors (Lipinski definition) is 4. The quantitative estimate of drug-likeness (QED) is 0.786. The number of rotatable bonds is 2. The second kappa shape index (κ2) is 5.94. The number of hydrogen-bond donors (Lipinski definition) is 1. The van der Waals surface area contributed by atoms with Crippen molar-refractivity contribution in [3.8, 4) is 0 Å². The molecule has 8 heteroatoms. The van der Waals surface area contributed by atoms with Gasteiger partial charge >= 0.3 is 0 Å². The van der Waals surface area contributed by atoms with Crippen molar-refractivity contribution >= 4 is 37.5 Å². The zero-order valence-corrected chi connectivity index (χ0v) is 14.4. The minimum Gasteiger partial charge on any atom is -0.398 e. The molecule has 0 aromatic heterocycles. The third kappa shape index (κ3) is 3.22. The van der Waals surface area contributed by atoms with Crippen molar-refractivity contribution < 1.29 is 13.2 Å². The van der Waals surface area contributed by atoms with Gasteiger partial charge in [0.1, 0.15) is 0 Å². The molecule has 0 aliphatic carbocycles. The molecule has 2 N–H and O–H groups in total. The number of anilines is 1. The Balaban J connectivity index is 2.28. The summed E-state index contributed by atoms with van der Waals surface area (Å²) in [7, 11) is -3.59. The fourth-order valence-electron chi connectivity index (χ4n) is 2.33. The fraction of sp³-hybridized carbons (Fsp3) is 0.462. The second-order valence-corrected chi connectivity index (χ2v) is 7.81. The van der Waals surface area contributed by atoms with E-state index in [0.29, 0.717) is 41.9 Å². The number of aryl methyl sites for hydroxylation is 1. The SMILES string of the molecule is CC(=O)N1CCN(S(=O)(=O)c2cc(N)c(Br)cc2C)CC1. The van der Waals surface area contributed by atoms with Gasteiger partial charge in [-0.05, 0) is 40.5 Å². The van der Waals surface area contributed by atoms with Crippen LogP contribution in [0.3, 0.4) is 0 Å². The van der Waals surface area contributed by atoms with E-state index in [4.69, 9.17) is 5.73 Å². The summed E-state index contributed by atoms with van der Waals surface area (Å²) >= 11 is 3.29. The Morgan fingerprint density at radius 1 is 1.24 bits per heavy atom. The molecule has 2 rings (SSSR count). The Hall–Kier alpha value is -1.12. The summed E-state index contributed by atoms with van der Waals surface area (Å²) in [5.41, 5.74) is 6.83. The van der Waals surface area contributed by atoms with Gasteiger partial charge in [-0.2, -0.15) is 4.31 Å². The molecule has 1 heterocycles. The van der Waals surface area contributed by atoms with E-state index in [1.165, 1.54) is 17.3 Å². The molecule has 1 fully saturated rings. The maximum Gasteiger partial charge on any atom is 0.243 e. The van der Waals surface area contributed by atoms with Crippen LogP contribution in [0.1, 0.15) is 12.5 Å². The van der Waals surface area contributed by atoms with E-state index >= 15 is 0 Å². The summed E-state index contributed by atoms with van der Waals surface area (Å²) in [4.78, 5) is 13.2. The van der Waals surface area contributed by atoms with Crippen molar-refractivity contribution in [2.75, 3.05) is 31.9 Å². The smallest absolute Gasteiger partial charge is 0.243 e. The molecule has 6 nitrogen and oxygen atoms in total. The summed E-state index contributed by atoms with van der Waals surface area (Å²) < 4.78 is 27.5. The van der Waals surface area contributed by atoms with Crippen LogP contribution in [-0.2, 0) is 14.8 Å². The lowest BCUT2D eigenvalue weighted by molar-refractivity contribution is -0.129. The van der Waals surface area contributed by atoms with E-state index < -0.39 is 10.0 Å². The normalized spacial score (nSPS) is 17.0. The van der Waals surface area contributed by atoms with Gasteiger partial charge in [-0.25, -0.2) is 8.42 Å². The Bertz CT molecular complexity index is 667. The van der Waals surface area contributed by atoms with E-state index in [0.717, 1.165) is 0 Å². The highest BCUT2D eigenvalue weighted by atomic mass is 79.9. The molecule has 1 aliphatic rings. The van der Waals surface area contributed by atoms with Crippen LogP contribution >= 0.6 is 15.9 Å². The average Bonchev–Trinajstić information content (AvgIpc) is 2.42. The Labute approximate surface area is 133 Å². The minimum absolute atomic E-state index is 0.0314. The van der Waals surface area contributed by atoms with Crippen LogP contribution in [0.5, 0.6) is 0 Å². The summed E-state index contributed by atoms with van der Waals surface area (Å²) in [5.74, 6) is -0.0314. The first-order valence-electron chi connectivity index (χ1n) is 6.55. The summed E-state index contributed by atoms with van der Waals surface area (Å²) in [6.07, 6.45) is 0. The Kier molecular flexibility index (Phi) is 4.60. The van der Waals surface area contributed by atoms with Crippen LogP contribution < -0.4 is 5.73 Å². The molecule has 0 bridgehead atoms. The zero-order valence-electron chi connectivity index (χ0n) is 12.0. The third-order valence-corrected chi connectivity index (χ3v) is 6.32. The van der Waals surface area contributed by atoms with Gasteiger partial charge in [0.05, 0.1) is 4.90 Å². The second-order valence-electron chi connectivity index (χ2n) is 5.05. The third-order valence-electron chi connectivity index (χ3n) is 3.60. The first-order chi connectivity index (χ1) is 9.73. The molecular formula is C13H18BrN3O3S. The van der Waals surface area contributed by atoms with Crippen LogP contribution in [0, 0.1) is 6.92 Å². The molecule has 116 valence electrons. The van der Waals surface area contributed by atoms with Crippen LogP contribution in [0.15, 0.2) is 21.5 Å².